The first-order chi connectivity index (χ1) is 18.8. The van der Waals surface area contributed by atoms with Crippen molar-refractivity contribution < 1.29 is 0 Å². The van der Waals surface area contributed by atoms with E-state index in [4.69, 9.17) is 5.41 Å². The summed E-state index contributed by atoms with van der Waals surface area (Å²) in [6.07, 6.45) is 1.38. The molecule has 0 aromatic heterocycles. The lowest BCUT2D eigenvalue weighted by atomic mass is 9.94. The van der Waals surface area contributed by atoms with Crippen LogP contribution in [0, 0.1) is 5.41 Å². The average molecular weight is 486 g/mol. The Kier molecular flexibility index (Phi) is 6.49. The van der Waals surface area contributed by atoms with Crippen LogP contribution in [0.4, 0.5) is 0 Å². The Hall–Kier alpha value is -5.01. The number of hydrogen-bond donors (Lipinski definition) is 1. The monoisotopic (exact) mass is 485 g/mol. The van der Waals surface area contributed by atoms with Crippen LogP contribution in [0.25, 0.3) is 55.6 Å². The normalized spacial score (nSPS) is 10.7. The molecule has 1 nitrogen and oxygen atoms in total. The van der Waals surface area contributed by atoms with E-state index in [0.717, 1.165) is 11.1 Å². The van der Waals surface area contributed by atoms with Gasteiger partial charge < -0.3 is 5.41 Å². The maximum atomic E-state index is 7.44. The first-order valence-corrected chi connectivity index (χ1v) is 12.8. The zero-order valence-corrected chi connectivity index (χ0v) is 21.0. The second-order valence-electron chi connectivity index (χ2n) is 9.46. The van der Waals surface area contributed by atoms with Crippen molar-refractivity contribution in [3.63, 3.8) is 0 Å². The Morgan fingerprint density at radius 2 is 0.579 bits per heavy atom. The summed E-state index contributed by atoms with van der Waals surface area (Å²) in [6.45, 7) is 0. The predicted octanol–water partition coefficient (Wildman–Crippen LogP) is 10.0. The fraction of sp³-hybridized carbons (Fsp3) is 0. The second kappa shape index (κ2) is 10.5. The molecule has 6 rings (SSSR count). The van der Waals surface area contributed by atoms with Crippen molar-refractivity contribution in [3.05, 3.63) is 157 Å². The van der Waals surface area contributed by atoms with Gasteiger partial charge in [-0.05, 0) is 85.5 Å². The molecule has 0 fully saturated rings. The predicted molar refractivity (Wildman–Crippen MR) is 162 cm³/mol. The maximum absolute atomic E-state index is 7.44. The van der Waals surface area contributed by atoms with Crippen LogP contribution in [-0.2, 0) is 0 Å². The molecule has 38 heavy (non-hydrogen) atoms. The molecule has 0 atom stereocenters. The van der Waals surface area contributed by atoms with Crippen molar-refractivity contribution in [2.45, 2.75) is 0 Å². The molecule has 0 saturated carbocycles. The second-order valence-corrected chi connectivity index (χ2v) is 9.46. The molecule has 0 aliphatic carbocycles. The molecular formula is C37H27N. The zero-order chi connectivity index (χ0) is 25.7. The third-order valence-corrected chi connectivity index (χ3v) is 6.97. The molecule has 180 valence electrons. The molecule has 0 spiro atoms. The molecule has 0 unspecified atom stereocenters. The van der Waals surface area contributed by atoms with Gasteiger partial charge in [-0.3, -0.25) is 0 Å². The molecule has 6 aromatic carbocycles. The molecule has 6 aromatic rings. The van der Waals surface area contributed by atoms with Gasteiger partial charge in [0.15, 0.2) is 0 Å². The molecule has 0 amide bonds. The molecule has 0 aliphatic rings. The van der Waals surface area contributed by atoms with Crippen LogP contribution in [0.1, 0.15) is 5.56 Å². The lowest BCUT2D eigenvalue weighted by Crippen LogP contribution is -1.85. The lowest BCUT2D eigenvalue weighted by Gasteiger charge is -2.11. The van der Waals surface area contributed by atoms with Gasteiger partial charge in [0.2, 0.25) is 0 Å². The highest BCUT2D eigenvalue weighted by atomic mass is 14.3. The van der Waals surface area contributed by atoms with Crippen LogP contribution >= 0.6 is 0 Å². The van der Waals surface area contributed by atoms with Gasteiger partial charge in [-0.2, -0.15) is 0 Å². The van der Waals surface area contributed by atoms with Crippen molar-refractivity contribution >= 4 is 6.21 Å². The standard InChI is InChI=1S/C37H27N/c38-26-27-18-20-29(21-19-27)31-11-5-13-33(23-31)35-15-7-17-37(25-35)36-16-6-14-34(24-36)32-12-4-10-30(22-32)28-8-2-1-3-9-28/h1-26,38H. The maximum Gasteiger partial charge on any atom is 0.0250 e. The summed E-state index contributed by atoms with van der Waals surface area (Å²) in [4.78, 5) is 0. The SMILES string of the molecule is N=Cc1ccc(-c2cccc(-c3cccc(-c4cccc(-c5cccc(-c6ccccc6)c5)c4)c3)c2)cc1. The van der Waals surface area contributed by atoms with E-state index in [2.05, 4.69) is 140 Å². The fourth-order valence-electron chi connectivity index (χ4n) is 4.92. The van der Waals surface area contributed by atoms with Crippen LogP contribution in [0.2, 0.25) is 0 Å². The number of benzene rings is 6. The lowest BCUT2D eigenvalue weighted by molar-refractivity contribution is 1.53. The Morgan fingerprint density at radius 1 is 0.289 bits per heavy atom. The van der Waals surface area contributed by atoms with Crippen LogP contribution in [-0.4, -0.2) is 6.21 Å². The Morgan fingerprint density at radius 3 is 0.921 bits per heavy atom. The molecule has 0 saturated heterocycles. The molecule has 1 N–H and O–H groups in total. The van der Waals surface area contributed by atoms with Gasteiger partial charge in [0, 0.05) is 6.21 Å². The summed E-state index contributed by atoms with van der Waals surface area (Å²) in [5, 5.41) is 7.44. The molecule has 0 aliphatic heterocycles. The fourth-order valence-corrected chi connectivity index (χ4v) is 4.92. The van der Waals surface area contributed by atoms with E-state index in [1.165, 1.54) is 56.3 Å². The van der Waals surface area contributed by atoms with Crippen molar-refractivity contribution in [2.24, 2.45) is 0 Å². The van der Waals surface area contributed by atoms with Gasteiger partial charge in [0.1, 0.15) is 0 Å². The summed E-state index contributed by atoms with van der Waals surface area (Å²) >= 11 is 0. The van der Waals surface area contributed by atoms with Crippen molar-refractivity contribution in [1.82, 2.24) is 0 Å². The minimum atomic E-state index is 0.909. The highest BCUT2D eigenvalue weighted by molar-refractivity contribution is 5.81. The van der Waals surface area contributed by atoms with Crippen LogP contribution in [0.15, 0.2) is 152 Å². The van der Waals surface area contributed by atoms with Crippen molar-refractivity contribution in [3.8, 4) is 55.6 Å². The average Bonchev–Trinajstić information content (AvgIpc) is 3.02. The smallest absolute Gasteiger partial charge is 0.0250 e. The number of nitrogens with one attached hydrogen (secondary N) is 1. The van der Waals surface area contributed by atoms with E-state index in [1.807, 2.05) is 12.1 Å². The van der Waals surface area contributed by atoms with Crippen molar-refractivity contribution in [2.75, 3.05) is 0 Å². The largest absolute Gasteiger partial charge is 0.308 e. The molecule has 0 radical (unpaired) electrons. The zero-order valence-electron chi connectivity index (χ0n) is 21.0. The third kappa shape index (κ3) is 4.96. The van der Waals surface area contributed by atoms with Crippen LogP contribution < -0.4 is 0 Å². The molecule has 1 heteroatoms. The first kappa shape index (κ1) is 23.4. The van der Waals surface area contributed by atoms with E-state index in [1.54, 1.807) is 0 Å². The summed E-state index contributed by atoms with van der Waals surface area (Å²) in [6, 6.07) is 53.6. The highest BCUT2D eigenvalue weighted by Crippen LogP contribution is 2.32. The molecule has 0 heterocycles. The van der Waals surface area contributed by atoms with E-state index in [0.29, 0.717) is 0 Å². The van der Waals surface area contributed by atoms with Gasteiger partial charge in [-0.15, -0.1) is 0 Å². The van der Waals surface area contributed by atoms with E-state index in [9.17, 15) is 0 Å². The first-order valence-electron chi connectivity index (χ1n) is 12.8. The van der Waals surface area contributed by atoms with E-state index < -0.39 is 0 Å². The minimum Gasteiger partial charge on any atom is -0.308 e. The summed E-state index contributed by atoms with van der Waals surface area (Å²) in [7, 11) is 0. The van der Waals surface area contributed by atoms with Gasteiger partial charge in [-0.1, -0.05) is 127 Å². The Balaban J connectivity index is 1.32. The van der Waals surface area contributed by atoms with Gasteiger partial charge in [0.25, 0.3) is 0 Å². The van der Waals surface area contributed by atoms with Gasteiger partial charge in [0.05, 0.1) is 0 Å². The third-order valence-electron chi connectivity index (χ3n) is 6.97. The number of rotatable bonds is 6. The summed E-state index contributed by atoms with van der Waals surface area (Å²) in [5.74, 6) is 0. The quantitative estimate of drug-likeness (QED) is 0.227. The highest BCUT2D eigenvalue weighted by Gasteiger charge is 2.07. The minimum absolute atomic E-state index is 0.909. The van der Waals surface area contributed by atoms with E-state index >= 15 is 0 Å². The topological polar surface area (TPSA) is 23.9 Å². The van der Waals surface area contributed by atoms with Gasteiger partial charge >= 0.3 is 0 Å². The van der Waals surface area contributed by atoms with Crippen LogP contribution in [0.5, 0.6) is 0 Å². The van der Waals surface area contributed by atoms with Crippen LogP contribution in [0.3, 0.4) is 0 Å². The number of hydrogen-bond acceptors (Lipinski definition) is 1. The Bertz CT molecular complexity index is 1710. The van der Waals surface area contributed by atoms with Gasteiger partial charge in [-0.25, -0.2) is 0 Å². The Labute approximate surface area is 224 Å². The molecule has 0 bridgehead atoms. The summed E-state index contributed by atoms with van der Waals surface area (Å²) < 4.78 is 0. The molecular weight excluding hydrogens is 458 g/mol. The summed E-state index contributed by atoms with van der Waals surface area (Å²) in [5.41, 5.74) is 12.9. The van der Waals surface area contributed by atoms with E-state index in [-0.39, 0.29) is 0 Å². The van der Waals surface area contributed by atoms with Crippen molar-refractivity contribution in [1.29, 1.82) is 5.41 Å².